The number of aromatic nitrogens is 1. The molecule has 3 heteroatoms. The summed E-state index contributed by atoms with van der Waals surface area (Å²) in [5.74, 6) is 0.607. The van der Waals surface area contributed by atoms with Crippen LogP contribution < -0.4 is 11.2 Å². The second-order valence-electron chi connectivity index (χ2n) is 6.56. The van der Waals surface area contributed by atoms with Crippen molar-refractivity contribution in [3.63, 3.8) is 0 Å². The van der Waals surface area contributed by atoms with Gasteiger partial charge in [-0.15, -0.1) is 0 Å². The Labute approximate surface area is 131 Å². The molecular weight excluding hydrogens is 272 g/mol. The molecule has 22 heavy (non-hydrogen) atoms. The summed E-state index contributed by atoms with van der Waals surface area (Å²) in [6.07, 6.45) is 10.6. The van der Waals surface area contributed by atoms with Crippen molar-refractivity contribution in [1.82, 2.24) is 4.98 Å². The minimum Gasteiger partial charge on any atom is -0.357 e. The van der Waals surface area contributed by atoms with Crippen molar-refractivity contribution in [1.29, 1.82) is 0 Å². The molecule has 1 saturated carbocycles. The van der Waals surface area contributed by atoms with Crippen LogP contribution >= 0.6 is 0 Å². The predicted molar refractivity (Wildman–Crippen MR) is 92.1 cm³/mol. The van der Waals surface area contributed by atoms with Crippen molar-refractivity contribution >= 4 is 10.9 Å². The second kappa shape index (κ2) is 7.10. The predicted octanol–water partition coefficient (Wildman–Crippen LogP) is 4.20. The van der Waals surface area contributed by atoms with Gasteiger partial charge in [0.15, 0.2) is 5.43 Å². The molecule has 0 radical (unpaired) electrons. The van der Waals surface area contributed by atoms with E-state index < -0.39 is 0 Å². The van der Waals surface area contributed by atoms with E-state index >= 15 is 0 Å². The summed E-state index contributed by atoms with van der Waals surface area (Å²) in [6, 6.07) is 7.99. The van der Waals surface area contributed by atoms with Crippen LogP contribution in [0.15, 0.2) is 29.1 Å². The number of aromatic amines is 1. The smallest absolute Gasteiger partial charge is 0.189 e. The molecule has 1 fully saturated rings. The maximum absolute atomic E-state index is 12.3. The lowest BCUT2D eigenvalue weighted by Crippen LogP contribution is -2.09. The van der Waals surface area contributed by atoms with Gasteiger partial charge in [0.2, 0.25) is 0 Å². The number of nitrogens with two attached hydrogens (primary N) is 1. The summed E-state index contributed by atoms with van der Waals surface area (Å²) in [6.45, 7) is 0.371. The molecule has 0 unspecified atom stereocenters. The summed E-state index contributed by atoms with van der Waals surface area (Å²) in [4.78, 5) is 15.6. The topological polar surface area (TPSA) is 58.9 Å². The first kappa shape index (κ1) is 15.3. The number of hydrogen-bond acceptors (Lipinski definition) is 2. The molecule has 1 aliphatic rings. The Hall–Kier alpha value is -1.61. The molecule has 2 aromatic rings. The minimum absolute atomic E-state index is 0.0825. The molecule has 0 saturated heterocycles. The Morgan fingerprint density at radius 3 is 2.36 bits per heavy atom. The summed E-state index contributed by atoms with van der Waals surface area (Å²) in [5.41, 5.74) is 8.75. The Morgan fingerprint density at radius 1 is 1.00 bits per heavy atom. The number of benzene rings is 1. The highest BCUT2D eigenvalue weighted by atomic mass is 16.1. The minimum atomic E-state index is 0.0825. The van der Waals surface area contributed by atoms with Crippen LogP contribution in [-0.4, -0.2) is 4.98 Å². The molecule has 0 amide bonds. The average molecular weight is 298 g/mol. The molecule has 1 heterocycles. The van der Waals surface area contributed by atoms with Crippen LogP contribution in [0.5, 0.6) is 0 Å². The molecule has 0 aliphatic heterocycles. The van der Waals surface area contributed by atoms with E-state index in [1.807, 2.05) is 0 Å². The normalized spacial score (nSPS) is 17.9. The van der Waals surface area contributed by atoms with E-state index in [1.165, 1.54) is 56.9 Å². The first-order chi connectivity index (χ1) is 10.8. The van der Waals surface area contributed by atoms with E-state index in [9.17, 15) is 4.79 Å². The molecule has 118 valence electrons. The summed E-state index contributed by atoms with van der Waals surface area (Å²) >= 11 is 0. The Balaban J connectivity index is 1.93. The van der Waals surface area contributed by atoms with Gasteiger partial charge in [-0.1, -0.05) is 44.6 Å². The molecule has 1 aromatic heterocycles. The van der Waals surface area contributed by atoms with E-state index in [0.29, 0.717) is 12.5 Å². The van der Waals surface area contributed by atoms with E-state index in [0.717, 1.165) is 16.6 Å². The molecule has 0 spiro atoms. The van der Waals surface area contributed by atoms with Crippen molar-refractivity contribution in [2.75, 3.05) is 0 Å². The highest BCUT2D eigenvalue weighted by Crippen LogP contribution is 2.31. The molecule has 1 aromatic carbocycles. The summed E-state index contributed by atoms with van der Waals surface area (Å²) in [5, 5.41) is 0.801. The van der Waals surface area contributed by atoms with Crippen LogP contribution in [-0.2, 0) is 6.54 Å². The van der Waals surface area contributed by atoms with E-state index in [1.54, 1.807) is 6.07 Å². The summed E-state index contributed by atoms with van der Waals surface area (Å²) in [7, 11) is 0. The molecule has 3 nitrogen and oxygen atoms in total. The lowest BCUT2D eigenvalue weighted by atomic mass is 9.89. The number of H-pyrrole nitrogens is 1. The van der Waals surface area contributed by atoms with Crippen LogP contribution in [0.25, 0.3) is 10.9 Å². The van der Waals surface area contributed by atoms with Gasteiger partial charge in [-0.25, -0.2) is 0 Å². The fourth-order valence-electron chi connectivity index (χ4n) is 3.65. The lowest BCUT2D eigenvalue weighted by molar-refractivity contribution is 0.540. The average Bonchev–Trinajstić information content (AvgIpc) is 2.68. The standard InChI is InChI=1S/C19H26N2O/c20-13-16-12-19(22)17-11-15(9-10-18(17)21-16)14-7-5-3-1-2-4-6-8-14/h9-12,14H,1-8,13,20H2,(H,21,22). The third-order valence-electron chi connectivity index (χ3n) is 4.96. The lowest BCUT2D eigenvalue weighted by Gasteiger charge is -2.17. The SMILES string of the molecule is NCc1cc(=O)c2cc(C3CCCCCCCC3)ccc2[nH]1. The van der Waals surface area contributed by atoms with Gasteiger partial charge in [-0.2, -0.15) is 0 Å². The number of rotatable bonds is 2. The first-order valence-electron chi connectivity index (χ1n) is 8.64. The monoisotopic (exact) mass is 298 g/mol. The van der Waals surface area contributed by atoms with E-state index in [4.69, 9.17) is 5.73 Å². The van der Waals surface area contributed by atoms with Crippen LogP contribution in [0.3, 0.4) is 0 Å². The van der Waals surface area contributed by atoms with Gasteiger partial charge in [0, 0.05) is 29.2 Å². The van der Waals surface area contributed by atoms with Crippen molar-refractivity contribution < 1.29 is 0 Å². The van der Waals surface area contributed by atoms with Gasteiger partial charge in [-0.3, -0.25) is 4.79 Å². The van der Waals surface area contributed by atoms with Crippen LogP contribution in [0.4, 0.5) is 0 Å². The third-order valence-corrected chi connectivity index (χ3v) is 4.96. The largest absolute Gasteiger partial charge is 0.357 e. The van der Waals surface area contributed by atoms with Gasteiger partial charge in [0.05, 0.1) is 0 Å². The summed E-state index contributed by atoms with van der Waals surface area (Å²) < 4.78 is 0. The van der Waals surface area contributed by atoms with Crippen LogP contribution in [0.1, 0.15) is 68.5 Å². The fourth-order valence-corrected chi connectivity index (χ4v) is 3.65. The van der Waals surface area contributed by atoms with Gasteiger partial charge in [0.25, 0.3) is 0 Å². The maximum Gasteiger partial charge on any atom is 0.189 e. The zero-order valence-electron chi connectivity index (χ0n) is 13.2. The van der Waals surface area contributed by atoms with E-state index in [2.05, 4.69) is 23.2 Å². The molecule has 1 aliphatic carbocycles. The first-order valence-corrected chi connectivity index (χ1v) is 8.64. The fraction of sp³-hybridized carbons (Fsp3) is 0.526. The van der Waals surface area contributed by atoms with Crippen molar-refractivity contribution in [3.8, 4) is 0 Å². The van der Waals surface area contributed by atoms with Gasteiger partial charge in [0.1, 0.15) is 0 Å². The number of pyridine rings is 1. The van der Waals surface area contributed by atoms with E-state index in [-0.39, 0.29) is 5.43 Å². The number of fused-ring (bicyclic) bond motifs is 1. The molecule has 0 atom stereocenters. The van der Waals surface area contributed by atoms with Gasteiger partial charge in [-0.05, 0) is 36.5 Å². The maximum atomic E-state index is 12.3. The molecule has 0 bridgehead atoms. The zero-order valence-corrected chi connectivity index (χ0v) is 13.2. The van der Waals surface area contributed by atoms with Crippen molar-refractivity contribution in [2.45, 2.75) is 63.8 Å². The van der Waals surface area contributed by atoms with Crippen LogP contribution in [0, 0.1) is 0 Å². The molecule has 3 N–H and O–H groups in total. The van der Waals surface area contributed by atoms with Crippen molar-refractivity contribution in [2.24, 2.45) is 5.73 Å². The quantitative estimate of drug-likeness (QED) is 0.872. The molecule has 3 rings (SSSR count). The molecular formula is C19H26N2O. The Kier molecular flexibility index (Phi) is 4.94. The van der Waals surface area contributed by atoms with Gasteiger partial charge >= 0.3 is 0 Å². The highest BCUT2D eigenvalue weighted by Gasteiger charge is 2.14. The van der Waals surface area contributed by atoms with Crippen molar-refractivity contribution in [3.05, 3.63) is 45.7 Å². The second-order valence-corrected chi connectivity index (χ2v) is 6.56. The van der Waals surface area contributed by atoms with Crippen LogP contribution in [0.2, 0.25) is 0 Å². The van der Waals surface area contributed by atoms with Gasteiger partial charge < -0.3 is 10.7 Å². The highest BCUT2D eigenvalue weighted by molar-refractivity contribution is 5.79. The zero-order chi connectivity index (χ0) is 15.4. The third kappa shape index (κ3) is 3.41. The number of nitrogens with one attached hydrogen (secondary N) is 1. The Bertz CT molecular complexity index is 679. The Morgan fingerprint density at radius 2 is 1.68 bits per heavy atom. The number of hydrogen-bond donors (Lipinski definition) is 2.